The van der Waals surface area contributed by atoms with Gasteiger partial charge in [-0.15, -0.1) is 0 Å². The van der Waals surface area contributed by atoms with E-state index < -0.39 is 5.60 Å². The van der Waals surface area contributed by atoms with Gasteiger partial charge in [0.2, 0.25) is 0 Å². The Bertz CT molecular complexity index is 758. The lowest BCUT2D eigenvalue weighted by Crippen LogP contribution is -2.35. The molecule has 0 bridgehead atoms. The van der Waals surface area contributed by atoms with Crippen molar-refractivity contribution in [2.24, 2.45) is 0 Å². The Labute approximate surface area is 154 Å². The van der Waals surface area contributed by atoms with Gasteiger partial charge in [-0.1, -0.05) is 97.6 Å². The zero-order valence-electron chi connectivity index (χ0n) is 14.2. The molecule has 3 aromatic carbocycles. The monoisotopic (exact) mass is 344 g/mol. The molecule has 0 radical (unpaired) electrons. The third-order valence-electron chi connectivity index (χ3n) is 4.14. The smallest absolute Gasteiger partial charge is 0.188 e. The van der Waals surface area contributed by atoms with Crippen molar-refractivity contribution in [3.8, 4) is 0 Å². The highest BCUT2D eigenvalue weighted by Gasteiger charge is 2.39. The Morgan fingerprint density at radius 3 is 1.32 bits per heavy atom. The fourth-order valence-corrected chi connectivity index (χ4v) is 3.05. The van der Waals surface area contributed by atoms with Crippen LogP contribution in [0.4, 0.5) is 0 Å². The van der Waals surface area contributed by atoms with E-state index in [1.54, 1.807) is 0 Å². The Kier molecular flexibility index (Phi) is 5.11. The summed E-state index contributed by atoms with van der Waals surface area (Å²) in [6, 6.07) is 30.5. The molecule has 0 spiro atoms. The molecule has 3 aromatic rings. The lowest BCUT2D eigenvalue weighted by Gasteiger charge is -2.36. The van der Waals surface area contributed by atoms with Crippen LogP contribution < -0.4 is 0 Å². The van der Waals surface area contributed by atoms with E-state index in [-0.39, 0.29) is 0 Å². The lowest BCUT2D eigenvalue weighted by atomic mass is 9.80. The van der Waals surface area contributed by atoms with Crippen molar-refractivity contribution in [3.05, 3.63) is 120 Å². The Morgan fingerprint density at radius 1 is 0.720 bits per heavy atom. The highest BCUT2D eigenvalue weighted by atomic mass is 32.1. The molecule has 0 atom stereocenters. The first-order chi connectivity index (χ1) is 12.1. The fraction of sp³-hybridized carbons (Fsp3) is 0.0870. The third-order valence-corrected chi connectivity index (χ3v) is 4.57. The molecule has 0 fully saturated rings. The zero-order chi connectivity index (χ0) is 17.7. The second kappa shape index (κ2) is 7.45. The minimum absolute atomic E-state index is 0.413. The average Bonchev–Trinajstić information content (AvgIpc) is 2.68. The van der Waals surface area contributed by atoms with Crippen LogP contribution in [0, 0.1) is 0 Å². The van der Waals surface area contributed by atoms with E-state index in [2.05, 4.69) is 43.0 Å². The van der Waals surface area contributed by atoms with Crippen molar-refractivity contribution < 1.29 is 4.74 Å². The van der Waals surface area contributed by atoms with Gasteiger partial charge in [0.15, 0.2) is 10.7 Å². The third kappa shape index (κ3) is 3.40. The molecular weight excluding hydrogens is 324 g/mol. The predicted octanol–water partition coefficient (Wildman–Crippen LogP) is 5.90. The minimum atomic E-state index is -0.820. The summed E-state index contributed by atoms with van der Waals surface area (Å²) >= 11 is 5.50. The fourth-order valence-electron chi connectivity index (χ4n) is 2.92. The molecular formula is C23H20OS. The molecule has 0 aliphatic heterocycles. The molecule has 1 nitrogen and oxygen atoms in total. The maximum Gasteiger partial charge on any atom is 0.188 e. The standard InChI is InChI=1S/C23H20OS/c1-18(2)22(25)24-23(19-12-6-3-7-13-19,20-14-8-4-9-15-20)21-16-10-5-11-17-21/h3-17H,1H2,2H3. The maximum absolute atomic E-state index is 6.49. The first kappa shape index (κ1) is 17.1. The molecule has 0 heterocycles. The van der Waals surface area contributed by atoms with E-state index >= 15 is 0 Å². The molecule has 3 rings (SSSR count). The van der Waals surface area contributed by atoms with Crippen molar-refractivity contribution in [2.75, 3.05) is 0 Å². The molecule has 124 valence electrons. The van der Waals surface area contributed by atoms with Crippen LogP contribution in [0.3, 0.4) is 0 Å². The van der Waals surface area contributed by atoms with E-state index in [9.17, 15) is 0 Å². The van der Waals surface area contributed by atoms with Crippen LogP contribution in [0.5, 0.6) is 0 Å². The predicted molar refractivity (Wildman–Crippen MR) is 108 cm³/mol. The van der Waals surface area contributed by atoms with Crippen molar-refractivity contribution in [1.29, 1.82) is 0 Å². The van der Waals surface area contributed by atoms with E-state index in [1.165, 1.54) is 0 Å². The molecule has 0 aliphatic carbocycles. The van der Waals surface area contributed by atoms with E-state index in [0.717, 1.165) is 22.3 Å². The minimum Gasteiger partial charge on any atom is -0.462 e. The van der Waals surface area contributed by atoms with Gasteiger partial charge in [-0.3, -0.25) is 0 Å². The van der Waals surface area contributed by atoms with Crippen LogP contribution in [0.25, 0.3) is 0 Å². The van der Waals surface area contributed by atoms with Crippen molar-refractivity contribution >= 4 is 17.3 Å². The number of thiocarbonyl (C=S) groups is 1. The Balaban J connectivity index is 2.31. The number of benzene rings is 3. The highest BCUT2D eigenvalue weighted by Crippen LogP contribution is 2.41. The SMILES string of the molecule is C=C(C)C(=S)OC(c1ccccc1)(c1ccccc1)c1ccccc1. The summed E-state index contributed by atoms with van der Waals surface area (Å²) in [5, 5.41) is 0.413. The van der Waals surface area contributed by atoms with Crippen molar-refractivity contribution in [3.63, 3.8) is 0 Å². The lowest BCUT2D eigenvalue weighted by molar-refractivity contribution is 0.147. The van der Waals surface area contributed by atoms with Gasteiger partial charge >= 0.3 is 0 Å². The number of rotatable bonds is 5. The summed E-state index contributed by atoms with van der Waals surface area (Å²) in [7, 11) is 0. The normalized spacial score (nSPS) is 10.9. The summed E-state index contributed by atoms with van der Waals surface area (Å²) in [5.41, 5.74) is 2.99. The first-order valence-electron chi connectivity index (χ1n) is 8.20. The van der Waals surface area contributed by atoms with Gasteiger partial charge in [0, 0.05) is 16.7 Å². The number of hydrogen-bond donors (Lipinski definition) is 0. The molecule has 0 aromatic heterocycles. The van der Waals surface area contributed by atoms with Crippen LogP contribution >= 0.6 is 12.2 Å². The summed E-state index contributed by atoms with van der Waals surface area (Å²) < 4.78 is 6.49. The van der Waals surface area contributed by atoms with Crippen LogP contribution in [-0.2, 0) is 10.3 Å². The molecule has 0 saturated heterocycles. The second-order valence-electron chi connectivity index (χ2n) is 5.95. The van der Waals surface area contributed by atoms with Gasteiger partial charge in [0.05, 0.1) is 0 Å². The topological polar surface area (TPSA) is 9.23 Å². The molecule has 0 saturated carbocycles. The Morgan fingerprint density at radius 2 is 1.04 bits per heavy atom. The average molecular weight is 344 g/mol. The molecule has 0 aliphatic rings. The molecule has 0 unspecified atom stereocenters. The quantitative estimate of drug-likeness (QED) is 0.324. The number of ether oxygens (including phenoxy) is 1. The van der Waals surface area contributed by atoms with Crippen LogP contribution in [0.2, 0.25) is 0 Å². The van der Waals surface area contributed by atoms with E-state index in [4.69, 9.17) is 17.0 Å². The van der Waals surface area contributed by atoms with E-state index in [1.807, 2.05) is 61.5 Å². The maximum atomic E-state index is 6.49. The number of hydrogen-bond acceptors (Lipinski definition) is 2. The van der Waals surface area contributed by atoms with Crippen LogP contribution in [0.15, 0.2) is 103 Å². The zero-order valence-corrected chi connectivity index (χ0v) is 15.0. The van der Waals surface area contributed by atoms with Gasteiger partial charge < -0.3 is 4.74 Å². The van der Waals surface area contributed by atoms with Crippen molar-refractivity contribution in [2.45, 2.75) is 12.5 Å². The Hall–Kier alpha value is -2.71. The summed E-state index contributed by atoms with van der Waals surface area (Å²) in [4.78, 5) is 0. The molecule has 0 N–H and O–H groups in total. The van der Waals surface area contributed by atoms with Gasteiger partial charge in [0.25, 0.3) is 0 Å². The summed E-state index contributed by atoms with van der Waals surface area (Å²) in [6.07, 6.45) is 0. The summed E-state index contributed by atoms with van der Waals surface area (Å²) in [6.45, 7) is 5.82. The van der Waals surface area contributed by atoms with Gasteiger partial charge in [-0.2, -0.15) is 0 Å². The van der Waals surface area contributed by atoms with Crippen molar-refractivity contribution in [1.82, 2.24) is 0 Å². The van der Waals surface area contributed by atoms with Crippen LogP contribution in [0.1, 0.15) is 23.6 Å². The largest absolute Gasteiger partial charge is 0.462 e. The first-order valence-corrected chi connectivity index (χ1v) is 8.61. The van der Waals surface area contributed by atoms with Gasteiger partial charge in [0.1, 0.15) is 0 Å². The molecule has 25 heavy (non-hydrogen) atoms. The van der Waals surface area contributed by atoms with E-state index in [0.29, 0.717) is 5.05 Å². The molecule has 0 amide bonds. The summed E-state index contributed by atoms with van der Waals surface area (Å²) in [5.74, 6) is 0. The van der Waals surface area contributed by atoms with Gasteiger partial charge in [-0.05, 0) is 24.7 Å². The highest BCUT2D eigenvalue weighted by molar-refractivity contribution is 7.80. The second-order valence-corrected chi connectivity index (χ2v) is 6.32. The van der Waals surface area contributed by atoms with Crippen LogP contribution in [-0.4, -0.2) is 5.05 Å². The van der Waals surface area contributed by atoms with Gasteiger partial charge in [-0.25, -0.2) is 0 Å². The molecule has 2 heteroatoms.